The van der Waals surface area contributed by atoms with Crippen molar-refractivity contribution >= 4 is 17.6 Å². The summed E-state index contributed by atoms with van der Waals surface area (Å²) in [6.07, 6.45) is 0.609. The van der Waals surface area contributed by atoms with Gasteiger partial charge in [-0.25, -0.2) is 4.79 Å². The van der Waals surface area contributed by atoms with Crippen LogP contribution >= 0.6 is 0 Å². The lowest BCUT2D eigenvalue weighted by molar-refractivity contribution is -0.117. The highest BCUT2D eigenvalue weighted by molar-refractivity contribution is 5.96. The molecule has 1 aromatic carbocycles. The van der Waals surface area contributed by atoms with Crippen molar-refractivity contribution < 1.29 is 14.7 Å². The number of carbonyl (C=O) groups excluding carboxylic acids is 1. The first-order chi connectivity index (χ1) is 8.81. The van der Waals surface area contributed by atoms with Gasteiger partial charge in [0.15, 0.2) is 0 Å². The van der Waals surface area contributed by atoms with Crippen LogP contribution in [0, 0.1) is 12.8 Å². The summed E-state index contributed by atoms with van der Waals surface area (Å²) in [7, 11) is 0. The van der Waals surface area contributed by atoms with Gasteiger partial charge in [-0.05, 0) is 43.0 Å². The van der Waals surface area contributed by atoms with Crippen molar-refractivity contribution in [2.45, 2.75) is 33.2 Å². The highest BCUT2D eigenvalue weighted by atomic mass is 16.4. The van der Waals surface area contributed by atoms with Crippen molar-refractivity contribution in [3.05, 3.63) is 29.3 Å². The molecule has 1 atom stereocenters. The minimum atomic E-state index is -0.980. The van der Waals surface area contributed by atoms with E-state index in [0.29, 0.717) is 23.6 Å². The van der Waals surface area contributed by atoms with E-state index in [0.717, 1.165) is 0 Å². The molecule has 19 heavy (non-hydrogen) atoms. The Morgan fingerprint density at radius 2 is 2.00 bits per heavy atom. The molecule has 0 bridgehead atoms. The lowest BCUT2D eigenvalue weighted by atomic mass is 10.0. The monoisotopic (exact) mass is 264 g/mol. The van der Waals surface area contributed by atoms with E-state index in [-0.39, 0.29) is 11.5 Å². The number of nitrogens with two attached hydrogens (primary N) is 1. The van der Waals surface area contributed by atoms with E-state index in [1.807, 2.05) is 13.8 Å². The van der Waals surface area contributed by atoms with Gasteiger partial charge >= 0.3 is 5.97 Å². The number of hydrogen-bond donors (Lipinski definition) is 3. The molecule has 0 saturated heterocycles. The number of aromatic carboxylic acids is 1. The molecular formula is C14H20N2O3. The lowest BCUT2D eigenvalue weighted by Crippen LogP contribution is -2.36. The van der Waals surface area contributed by atoms with Gasteiger partial charge in [0.05, 0.1) is 11.6 Å². The first kappa shape index (κ1) is 15.2. The molecule has 1 amide bonds. The van der Waals surface area contributed by atoms with Crippen LogP contribution in [0.15, 0.2) is 18.2 Å². The maximum Gasteiger partial charge on any atom is 0.335 e. The normalized spacial score (nSPS) is 12.3. The van der Waals surface area contributed by atoms with Crippen molar-refractivity contribution in [2.75, 3.05) is 5.32 Å². The quantitative estimate of drug-likeness (QED) is 0.758. The second-order valence-corrected chi connectivity index (χ2v) is 5.06. The number of anilines is 1. The molecule has 0 saturated carbocycles. The Morgan fingerprint density at radius 3 is 2.47 bits per heavy atom. The van der Waals surface area contributed by atoms with E-state index in [9.17, 15) is 9.59 Å². The highest BCUT2D eigenvalue weighted by Crippen LogP contribution is 2.16. The molecule has 0 spiro atoms. The molecule has 0 aliphatic rings. The van der Waals surface area contributed by atoms with Crippen LogP contribution in [-0.2, 0) is 4.79 Å². The van der Waals surface area contributed by atoms with Gasteiger partial charge in [-0.15, -0.1) is 0 Å². The van der Waals surface area contributed by atoms with Crippen LogP contribution in [0.25, 0.3) is 0 Å². The van der Waals surface area contributed by atoms with E-state index < -0.39 is 12.0 Å². The number of aryl methyl sites for hydroxylation is 1. The number of carboxylic acid groups (broad SMARTS) is 1. The number of amides is 1. The standard InChI is InChI=1S/C14H20N2O3/c1-8(2)6-12(15)13(17)16-10-4-5-11(14(18)19)9(3)7-10/h4-5,7-8,12H,6,15H2,1-3H3,(H,16,17)(H,18,19). The highest BCUT2D eigenvalue weighted by Gasteiger charge is 2.15. The van der Waals surface area contributed by atoms with Gasteiger partial charge in [0.25, 0.3) is 0 Å². The molecule has 104 valence electrons. The zero-order valence-electron chi connectivity index (χ0n) is 11.4. The van der Waals surface area contributed by atoms with Gasteiger partial charge in [0.2, 0.25) is 5.91 Å². The summed E-state index contributed by atoms with van der Waals surface area (Å²) in [5, 5.41) is 11.6. The first-order valence-electron chi connectivity index (χ1n) is 6.21. The van der Waals surface area contributed by atoms with Gasteiger partial charge in [-0.2, -0.15) is 0 Å². The fourth-order valence-corrected chi connectivity index (χ4v) is 1.83. The van der Waals surface area contributed by atoms with Gasteiger partial charge in [-0.3, -0.25) is 4.79 Å². The maximum atomic E-state index is 11.8. The molecule has 0 aliphatic heterocycles. The summed E-state index contributed by atoms with van der Waals surface area (Å²) >= 11 is 0. The van der Waals surface area contributed by atoms with Gasteiger partial charge < -0.3 is 16.2 Å². The van der Waals surface area contributed by atoms with Crippen molar-refractivity contribution in [3.63, 3.8) is 0 Å². The average Bonchev–Trinajstić information content (AvgIpc) is 2.27. The minimum Gasteiger partial charge on any atom is -0.478 e. The Morgan fingerprint density at radius 1 is 1.37 bits per heavy atom. The smallest absolute Gasteiger partial charge is 0.335 e. The number of benzene rings is 1. The van der Waals surface area contributed by atoms with E-state index in [1.165, 1.54) is 6.07 Å². The van der Waals surface area contributed by atoms with Gasteiger partial charge in [0, 0.05) is 5.69 Å². The molecule has 1 unspecified atom stereocenters. The summed E-state index contributed by atoms with van der Waals surface area (Å²) in [5.41, 5.74) is 7.16. The SMILES string of the molecule is Cc1cc(NC(=O)C(N)CC(C)C)ccc1C(=O)O. The van der Waals surface area contributed by atoms with E-state index in [1.54, 1.807) is 19.1 Å². The molecule has 0 aliphatic carbocycles. The third-order valence-corrected chi connectivity index (χ3v) is 2.79. The van der Waals surface area contributed by atoms with Crippen molar-refractivity contribution in [3.8, 4) is 0 Å². The van der Waals surface area contributed by atoms with E-state index in [4.69, 9.17) is 10.8 Å². The Balaban J connectivity index is 2.75. The summed E-state index contributed by atoms with van der Waals surface area (Å²) < 4.78 is 0. The summed E-state index contributed by atoms with van der Waals surface area (Å²) in [5.74, 6) is -0.889. The number of carbonyl (C=O) groups is 2. The molecule has 1 aromatic rings. The minimum absolute atomic E-state index is 0.226. The van der Waals surface area contributed by atoms with Crippen LogP contribution in [-0.4, -0.2) is 23.0 Å². The second-order valence-electron chi connectivity index (χ2n) is 5.06. The van der Waals surface area contributed by atoms with Gasteiger partial charge in [-0.1, -0.05) is 13.8 Å². The summed E-state index contributed by atoms with van der Waals surface area (Å²) in [6.45, 7) is 5.69. The fourth-order valence-electron chi connectivity index (χ4n) is 1.83. The summed E-state index contributed by atoms with van der Waals surface area (Å²) in [4.78, 5) is 22.7. The Bertz CT molecular complexity index is 484. The number of hydrogen-bond acceptors (Lipinski definition) is 3. The first-order valence-corrected chi connectivity index (χ1v) is 6.21. The van der Waals surface area contributed by atoms with Crippen LogP contribution in [0.5, 0.6) is 0 Å². The zero-order chi connectivity index (χ0) is 14.6. The Kier molecular flexibility index (Phi) is 5.06. The Hall–Kier alpha value is -1.88. The average molecular weight is 264 g/mol. The molecule has 0 radical (unpaired) electrons. The topological polar surface area (TPSA) is 92.4 Å². The molecule has 0 aromatic heterocycles. The summed E-state index contributed by atoms with van der Waals surface area (Å²) in [6, 6.07) is 4.11. The van der Waals surface area contributed by atoms with E-state index >= 15 is 0 Å². The number of carboxylic acids is 1. The van der Waals surface area contributed by atoms with Crippen LogP contribution in [0.4, 0.5) is 5.69 Å². The van der Waals surface area contributed by atoms with Gasteiger partial charge in [0.1, 0.15) is 0 Å². The molecule has 4 N–H and O–H groups in total. The van der Waals surface area contributed by atoms with E-state index in [2.05, 4.69) is 5.32 Å². The van der Waals surface area contributed by atoms with Crippen LogP contribution in [0.3, 0.4) is 0 Å². The third-order valence-electron chi connectivity index (χ3n) is 2.79. The third kappa shape index (κ3) is 4.37. The zero-order valence-corrected chi connectivity index (χ0v) is 11.4. The molecule has 5 heteroatoms. The number of rotatable bonds is 5. The molecular weight excluding hydrogens is 244 g/mol. The van der Waals surface area contributed by atoms with Crippen LogP contribution in [0.2, 0.25) is 0 Å². The molecule has 5 nitrogen and oxygen atoms in total. The van der Waals surface area contributed by atoms with Crippen molar-refractivity contribution in [1.29, 1.82) is 0 Å². The molecule has 0 heterocycles. The molecule has 0 fully saturated rings. The largest absolute Gasteiger partial charge is 0.478 e. The predicted octanol–water partition coefficient (Wildman–Crippen LogP) is 2.01. The predicted molar refractivity (Wildman–Crippen MR) is 74.2 cm³/mol. The van der Waals surface area contributed by atoms with Crippen molar-refractivity contribution in [2.24, 2.45) is 11.7 Å². The van der Waals surface area contributed by atoms with Crippen LogP contribution < -0.4 is 11.1 Å². The lowest BCUT2D eigenvalue weighted by Gasteiger charge is -2.14. The van der Waals surface area contributed by atoms with Crippen LogP contribution in [0.1, 0.15) is 36.2 Å². The molecule has 1 rings (SSSR count). The van der Waals surface area contributed by atoms with Crippen molar-refractivity contribution in [1.82, 2.24) is 0 Å². The number of nitrogens with one attached hydrogen (secondary N) is 1. The second kappa shape index (κ2) is 6.33. The maximum absolute atomic E-state index is 11.8. The fraction of sp³-hybridized carbons (Fsp3) is 0.429. The Labute approximate surface area is 112 Å².